The van der Waals surface area contributed by atoms with Crippen molar-refractivity contribution >= 4 is 29.2 Å². The van der Waals surface area contributed by atoms with Gasteiger partial charge in [-0.25, -0.2) is 0 Å². The van der Waals surface area contributed by atoms with Crippen LogP contribution in [0.1, 0.15) is 23.9 Å². The number of nitrogens with zero attached hydrogens (tertiary/aromatic N) is 2. The first-order valence-electron chi connectivity index (χ1n) is 6.95. The quantitative estimate of drug-likeness (QED) is 0.646. The molecule has 0 aliphatic rings. The highest BCUT2D eigenvalue weighted by Crippen LogP contribution is 2.20. The van der Waals surface area contributed by atoms with Crippen LogP contribution >= 0.6 is 23.2 Å². The highest BCUT2D eigenvalue weighted by atomic mass is 35.5. The molecule has 5 nitrogen and oxygen atoms in total. The number of benzene rings is 1. The summed E-state index contributed by atoms with van der Waals surface area (Å²) < 4.78 is 5.21. The summed E-state index contributed by atoms with van der Waals surface area (Å²) in [5, 5.41) is 11.5. The third-order valence-corrected chi connectivity index (χ3v) is 3.67. The highest BCUT2D eigenvalue weighted by Gasteiger charge is 2.06. The molecular weight excluding hydrogens is 323 g/mol. The zero-order chi connectivity index (χ0) is 15.9. The fourth-order valence-corrected chi connectivity index (χ4v) is 2.32. The minimum absolute atomic E-state index is 0.515. The summed E-state index contributed by atoms with van der Waals surface area (Å²) in [5.41, 5.74) is 1.88. The number of aryl methyl sites for hydroxylation is 1. The summed E-state index contributed by atoms with van der Waals surface area (Å²) in [6.07, 6.45) is 0.853. The Balaban J connectivity index is 1.87. The van der Waals surface area contributed by atoms with E-state index >= 15 is 0 Å². The van der Waals surface area contributed by atoms with Crippen LogP contribution in [0.5, 0.6) is 0 Å². The predicted molar refractivity (Wildman–Crippen MR) is 89.4 cm³/mol. The Bertz CT molecular complexity index is 655. The number of halogens is 2. The van der Waals surface area contributed by atoms with E-state index in [0.29, 0.717) is 29.1 Å². The van der Waals surface area contributed by atoms with E-state index in [4.69, 9.17) is 27.7 Å². The van der Waals surface area contributed by atoms with Gasteiger partial charge in [-0.3, -0.25) is 4.99 Å². The third kappa shape index (κ3) is 4.64. The zero-order valence-corrected chi connectivity index (χ0v) is 14.0. The summed E-state index contributed by atoms with van der Waals surface area (Å²) >= 11 is 12.0. The summed E-state index contributed by atoms with van der Waals surface area (Å²) in [5.74, 6) is 1.42. The number of guanidine groups is 1. The molecule has 0 fully saturated rings. The summed E-state index contributed by atoms with van der Waals surface area (Å²) in [6, 6.07) is 7.34. The van der Waals surface area contributed by atoms with Crippen LogP contribution in [0.15, 0.2) is 33.8 Å². The van der Waals surface area contributed by atoms with Gasteiger partial charge in [0.2, 0.25) is 0 Å². The first-order chi connectivity index (χ1) is 10.6. The number of hydrogen-bond donors (Lipinski definition) is 2. The lowest BCUT2D eigenvalue weighted by Crippen LogP contribution is -2.36. The number of aliphatic imine (C=N–C) groups is 1. The molecule has 2 aromatic rings. The molecule has 0 spiro atoms. The molecule has 22 heavy (non-hydrogen) atoms. The Labute approximate surface area is 139 Å². The minimum atomic E-state index is 0.515. The second kappa shape index (κ2) is 8.06. The summed E-state index contributed by atoms with van der Waals surface area (Å²) in [7, 11) is 1.71. The Morgan fingerprint density at radius 2 is 2.00 bits per heavy atom. The Hall–Kier alpha value is -1.72. The van der Waals surface area contributed by atoms with Crippen molar-refractivity contribution in [1.82, 2.24) is 15.8 Å². The predicted octanol–water partition coefficient (Wildman–Crippen LogP) is 3.41. The minimum Gasteiger partial charge on any atom is -0.359 e. The average molecular weight is 341 g/mol. The lowest BCUT2D eigenvalue weighted by atomic mass is 10.2. The molecule has 0 radical (unpaired) electrons. The molecule has 0 unspecified atom stereocenters. The first-order valence-corrected chi connectivity index (χ1v) is 7.71. The van der Waals surface area contributed by atoms with Crippen molar-refractivity contribution in [3.8, 4) is 0 Å². The van der Waals surface area contributed by atoms with Gasteiger partial charge in [0.05, 0.1) is 12.2 Å². The van der Waals surface area contributed by atoms with Crippen molar-refractivity contribution in [3.05, 3.63) is 51.3 Å². The Morgan fingerprint density at radius 3 is 2.64 bits per heavy atom. The standard InChI is InChI=1S/C15H18Cl2N4O/c1-3-12-7-13(22-21-12)9-20-15(18-2)19-8-10-4-5-11(16)6-14(10)17/h4-7H,3,8-9H2,1-2H3,(H2,18,19,20). The maximum atomic E-state index is 6.14. The monoisotopic (exact) mass is 340 g/mol. The molecule has 7 heteroatoms. The molecule has 0 saturated heterocycles. The Kier molecular flexibility index (Phi) is 6.10. The van der Waals surface area contributed by atoms with Gasteiger partial charge in [0.25, 0.3) is 0 Å². The van der Waals surface area contributed by atoms with E-state index in [0.717, 1.165) is 23.4 Å². The molecule has 0 saturated carbocycles. The number of rotatable bonds is 5. The van der Waals surface area contributed by atoms with E-state index < -0.39 is 0 Å². The van der Waals surface area contributed by atoms with Gasteiger partial charge in [0, 0.05) is 29.7 Å². The van der Waals surface area contributed by atoms with Crippen LogP contribution < -0.4 is 10.6 Å². The maximum absolute atomic E-state index is 6.14. The van der Waals surface area contributed by atoms with Gasteiger partial charge >= 0.3 is 0 Å². The van der Waals surface area contributed by atoms with Crippen molar-refractivity contribution < 1.29 is 4.52 Å². The van der Waals surface area contributed by atoms with Crippen molar-refractivity contribution in [2.24, 2.45) is 4.99 Å². The fraction of sp³-hybridized carbons (Fsp3) is 0.333. The lowest BCUT2D eigenvalue weighted by molar-refractivity contribution is 0.374. The molecule has 0 atom stereocenters. The Morgan fingerprint density at radius 1 is 1.23 bits per heavy atom. The van der Waals surface area contributed by atoms with Gasteiger partial charge in [0.15, 0.2) is 11.7 Å². The van der Waals surface area contributed by atoms with Crippen LogP contribution in [0.2, 0.25) is 10.0 Å². The third-order valence-electron chi connectivity index (χ3n) is 3.09. The topological polar surface area (TPSA) is 62.5 Å². The second-order valence-corrected chi connectivity index (χ2v) is 5.50. The molecule has 0 aliphatic carbocycles. The SMILES string of the molecule is CCc1cc(CNC(=NC)NCc2ccc(Cl)cc2Cl)on1. The van der Waals surface area contributed by atoms with Crippen molar-refractivity contribution in [2.75, 3.05) is 7.05 Å². The van der Waals surface area contributed by atoms with Crippen molar-refractivity contribution in [1.29, 1.82) is 0 Å². The van der Waals surface area contributed by atoms with E-state index in [1.54, 1.807) is 19.2 Å². The van der Waals surface area contributed by atoms with E-state index in [9.17, 15) is 0 Å². The molecule has 2 rings (SSSR count). The number of aromatic nitrogens is 1. The molecule has 118 valence electrons. The van der Waals surface area contributed by atoms with E-state index in [1.165, 1.54) is 0 Å². The van der Waals surface area contributed by atoms with E-state index in [2.05, 4.69) is 20.8 Å². The van der Waals surface area contributed by atoms with E-state index in [-0.39, 0.29) is 0 Å². The molecule has 1 aromatic heterocycles. The van der Waals surface area contributed by atoms with Crippen LogP contribution in [0.3, 0.4) is 0 Å². The van der Waals surface area contributed by atoms with Gasteiger partial charge in [-0.15, -0.1) is 0 Å². The number of hydrogen-bond acceptors (Lipinski definition) is 3. The molecule has 1 aromatic carbocycles. The van der Waals surface area contributed by atoms with Crippen LogP contribution in [-0.2, 0) is 19.5 Å². The maximum Gasteiger partial charge on any atom is 0.191 e. The average Bonchev–Trinajstić information content (AvgIpc) is 2.97. The van der Waals surface area contributed by atoms with Crippen molar-refractivity contribution in [3.63, 3.8) is 0 Å². The molecule has 0 amide bonds. The van der Waals surface area contributed by atoms with Crippen molar-refractivity contribution in [2.45, 2.75) is 26.4 Å². The van der Waals surface area contributed by atoms with Gasteiger partial charge in [-0.1, -0.05) is 41.3 Å². The molecule has 1 heterocycles. The van der Waals surface area contributed by atoms with Gasteiger partial charge < -0.3 is 15.2 Å². The van der Waals surface area contributed by atoms with Crippen LogP contribution in [0.25, 0.3) is 0 Å². The largest absolute Gasteiger partial charge is 0.359 e. The lowest BCUT2D eigenvalue weighted by Gasteiger charge is -2.11. The smallest absolute Gasteiger partial charge is 0.191 e. The molecule has 0 bridgehead atoms. The van der Waals surface area contributed by atoms with E-state index in [1.807, 2.05) is 19.1 Å². The van der Waals surface area contributed by atoms with Crippen LogP contribution in [0.4, 0.5) is 0 Å². The van der Waals surface area contributed by atoms with Crippen LogP contribution in [0, 0.1) is 0 Å². The highest BCUT2D eigenvalue weighted by molar-refractivity contribution is 6.35. The summed E-state index contributed by atoms with van der Waals surface area (Å²) in [4.78, 5) is 4.16. The van der Waals surface area contributed by atoms with Gasteiger partial charge in [0.1, 0.15) is 0 Å². The molecule has 2 N–H and O–H groups in total. The zero-order valence-electron chi connectivity index (χ0n) is 12.5. The number of nitrogens with one attached hydrogen (secondary N) is 2. The molecular formula is C15H18Cl2N4O. The van der Waals surface area contributed by atoms with Gasteiger partial charge in [-0.2, -0.15) is 0 Å². The summed E-state index contributed by atoms with van der Waals surface area (Å²) in [6.45, 7) is 3.10. The van der Waals surface area contributed by atoms with Crippen LogP contribution in [-0.4, -0.2) is 18.2 Å². The fourth-order valence-electron chi connectivity index (χ4n) is 1.84. The normalized spacial score (nSPS) is 11.5. The molecule has 0 aliphatic heterocycles. The second-order valence-electron chi connectivity index (χ2n) is 4.65. The first kappa shape index (κ1) is 16.6. The van der Waals surface area contributed by atoms with Gasteiger partial charge in [-0.05, 0) is 24.1 Å².